The van der Waals surface area contributed by atoms with Crippen LogP contribution in [0.5, 0.6) is 0 Å². The highest BCUT2D eigenvalue weighted by atomic mass is 16.5. The minimum Gasteiger partial charge on any atom is -0.390 e. The van der Waals surface area contributed by atoms with Crippen LogP contribution in [0.15, 0.2) is 16.9 Å². The van der Waals surface area contributed by atoms with E-state index >= 15 is 0 Å². The van der Waals surface area contributed by atoms with Gasteiger partial charge in [0.15, 0.2) is 0 Å². The Balaban J connectivity index is 1.45. The van der Waals surface area contributed by atoms with Gasteiger partial charge in [-0.2, -0.15) is 0 Å². The Bertz CT molecular complexity index is 701. The zero-order valence-corrected chi connectivity index (χ0v) is 17.8. The standard InChI is InChI=1S/C24H37NO3/c1-22(26)11-12-24(15-27-3)16(14-22)4-5-17-18-6-7-20(21-9-13-28-25-21)23(18,2)10-8-19(17)24/h9,13,16-20,26H,4-8,10-12,14-15H2,1-3H3/t16-,17?,18-,19-,20+,22+,23-,24+/m0/s1. The SMILES string of the molecule is COC[C@]12CC[C@@](C)(O)C[C@@H]1CCC1[C@@H]3CC[C@H](c4ccon4)[C@@]3(C)CC[C@@H]12. The molecule has 0 aliphatic heterocycles. The van der Waals surface area contributed by atoms with Crippen LogP contribution >= 0.6 is 0 Å². The smallest absolute Gasteiger partial charge is 0.124 e. The Morgan fingerprint density at radius 1 is 1.11 bits per heavy atom. The van der Waals surface area contributed by atoms with E-state index < -0.39 is 5.60 Å². The van der Waals surface area contributed by atoms with Crippen LogP contribution < -0.4 is 0 Å². The molecule has 0 amide bonds. The molecular formula is C24H37NO3. The van der Waals surface area contributed by atoms with E-state index in [1.54, 1.807) is 6.26 Å². The molecule has 0 spiro atoms. The van der Waals surface area contributed by atoms with Gasteiger partial charge in [0.25, 0.3) is 0 Å². The minimum atomic E-state index is -0.483. The molecule has 156 valence electrons. The molecule has 1 N–H and O–H groups in total. The van der Waals surface area contributed by atoms with Crippen molar-refractivity contribution >= 4 is 0 Å². The van der Waals surface area contributed by atoms with Crippen molar-refractivity contribution in [1.82, 2.24) is 5.16 Å². The van der Waals surface area contributed by atoms with E-state index in [1.165, 1.54) is 44.2 Å². The van der Waals surface area contributed by atoms with E-state index in [1.807, 2.05) is 14.0 Å². The molecular weight excluding hydrogens is 350 g/mol. The molecule has 8 atom stereocenters. The summed E-state index contributed by atoms with van der Waals surface area (Å²) in [6, 6.07) is 2.09. The number of ether oxygens (including phenoxy) is 1. The summed E-state index contributed by atoms with van der Waals surface area (Å²) in [6.07, 6.45) is 12.6. The summed E-state index contributed by atoms with van der Waals surface area (Å²) < 4.78 is 11.1. The average Bonchev–Trinajstić information content (AvgIpc) is 3.28. The Labute approximate surface area is 169 Å². The highest BCUT2D eigenvalue weighted by Crippen LogP contribution is 2.69. The summed E-state index contributed by atoms with van der Waals surface area (Å²) in [4.78, 5) is 0. The number of hydrogen-bond donors (Lipinski definition) is 1. The van der Waals surface area contributed by atoms with Crippen molar-refractivity contribution < 1.29 is 14.4 Å². The number of rotatable bonds is 3. The van der Waals surface area contributed by atoms with Gasteiger partial charge in [-0.15, -0.1) is 0 Å². The predicted molar refractivity (Wildman–Crippen MR) is 108 cm³/mol. The fourth-order valence-electron chi connectivity index (χ4n) is 8.67. The quantitative estimate of drug-likeness (QED) is 0.776. The average molecular weight is 388 g/mol. The van der Waals surface area contributed by atoms with Crippen LogP contribution in [0.1, 0.15) is 83.2 Å². The summed E-state index contributed by atoms with van der Waals surface area (Å²) in [5.74, 6) is 3.54. The van der Waals surface area contributed by atoms with Gasteiger partial charge in [-0.05, 0) is 99.2 Å². The molecule has 1 aromatic rings. The van der Waals surface area contributed by atoms with Gasteiger partial charge in [0, 0.05) is 19.1 Å². The maximum atomic E-state index is 10.8. The number of nitrogens with zero attached hydrogens (tertiary/aromatic N) is 1. The Kier molecular flexibility index (Phi) is 4.48. The molecule has 0 bridgehead atoms. The normalized spacial score (nSPS) is 50.6. The van der Waals surface area contributed by atoms with Gasteiger partial charge in [0.1, 0.15) is 6.26 Å². The summed E-state index contributed by atoms with van der Waals surface area (Å²) in [5, 5.41) is 15.1. The molecule has 1 aromatic heterocycles. The molecule has 5 rings (SSSR count). The Hall–Kier alpha value is -0.870. The number of aliphatic hydroxyl groups is 1. The molecule has 1 unspecified atom stereocenters. The lowest BCUT2D eigenvalue weighted by molar-refractivity contribution is -0.172. The van der Waals surface area contributed by atoms with Gasteiger partial charge in [-0.1, -0.05) is 12.1 Å². The largest absolute Gasteiger partial charge is 0.390 e. The minimum absolute atomic E-state index is 0.285. The van der Waals surface area contributed by atoms with Gasteiger partial charge in [-0.25, -0.2) is 0 Å². The highest BCUT2D eigenvalue weighted by molar-refractivity contribution is 5.19. The second-order valence-corrected chi connectivity index (χ2v) is 11.1. The topological polar surface area (TPSA) is 55.5 Å². The van der Waals surface area contributed by atoms with Gasteiger partial charge in [0.2, 0.25) is 0 Å². The summed E-state index contributed by atoms with van der Waals surface area (Å²) in [7, 11) is 1.88. The van der Waals surface area contributed by atoms with Crippen molar-refractivity contribution in [3.05, 3.63) is 18.0 Å². The van der Waals surface area contributed by atoms with E-state index in [2.05, 4.69) is 18.1 Å². The van der Waals surface area contributed by atoms with E-state index in [4.69, 9.17) is 9.26 Å². The molecule has 4 fully saturated rings. The lowest BCUT2D eigenvalue weighted by Crippen LogP contribution is -2.58. The second-order valence-electron chi connectivity index (χ2n) is 11.1. The molecule has 4 heteroatoms. The van der Waals surface area contributed by atoms with Crippen molar-refractivity contribution in [1.29, 1.82) is 0 Å². The van der Waals surface area contributed by atoms with Crippen LogP contribution in [0, 0.1) is 34.5 Å². The molecule has 0 aromatic carbocycles. The van der Waals surface area contributed by atoms with E-state index in [-0.39, 0.29) is 5.41 Å². The van der Waals surface area contributed by atoms with E-state index in [9.17, 15) is 5.11 Å². The van der Waals surface area contributed by atoms with E-state index in [0.29, 0.717) is 17.3 Å². The van der Waals surface area contributed by atoms with Crippen LogP contribution in [0.25, 0.3) is 0 Å². The fraction of sp³-hybridized carbons (Fsp3) is 0.875. The van der Waals surface area contributed by atoms with Crippen LogP contribution in [0.2, 0.25) is 0 Å². The maximum absolute atomic E-state index is 10.8. The van der Waals surface area contributed by atoms with E-state index in [0.717, 1.165) is 43.6 Å². The summed E-state index contributed by atoms with van der Waals surface area (Å²) in [6.45, 7) is 5.47. The van der Waals surface area contributed by atoms with Crippen molar-refractivity contribution in [3.8, 4) is 0 Å². The number of fused-ring (bicyclic) bond motifs is 5. The third kappa shape index (κ3) is 2.66. The zero-order valence-electron chi connectivity index (χ0n) is 17.8. The first kappa shape index (κ1) is 19.1. The number of aromatic nitrogens is 1. The molecule has 28 heavy (non-hydrogen) atoms. The van der Waals surface area contributed by atoms with Crippen molar-refractivity contribution in [2.75, 3.05) is 13.7 Å². The van der Waals surface area contributed by atoms with Gasteiger partial charge < -0.3 is 14.4 Å². The van der Waals surface area contributed by atoms with Crippen molar-refractivity contribution in [3.63, 3.8) is 0 Å². The van der Waals surface area contributed by atoms with Gasteiger partial charge in [-0.3, -0.25) is 0 Å². The molecule has 4 nitrogen and oxygen atoms in total. The van der Waals surface area contributed by atoms with Gasteiger partial charge in [0.05, 0.1) is 17.9 Å². The molecule has 0 saturated heterocycles. The first-order valence-corrected chi connectivity index (χ1v) is 11.5. The third-order valence-corrected chi connectivity index (χ3v) is 9.88. The summed E-state index contributed by atoms with van der Waals surface area (Å²) in [5.41, 5.74) is 1.34. The number of hydrogen-bond acceptors (Lipinski definition) is 4. The van der Waals surface area contributed by atoms with Crippen LogP contribution in [0.4, 0.5) is 0 Å². The molecule has 0 radical (unpaired) electrons. The summed E-state index contributed by atoms with van der Waals surface area (Å²) >= 11 is 0. The Morgan fingerprint density at radius 2 is 1.96 bits per heavy atom. The van der Waals surface area contributed by atoms with Crippen molar-refractivity contribution in [2.24, 2.45) is 34.5 Å². The maximum Gasteiger partial charge on any atom is 0.124 e. The predicted octanol–water partition coefficient (Wildman–Crippen LogP) is 5.18. The first-order chi connectivity index (χ1) is 13.4. The van der Waals surface area contributed by atoms with Gasteiger partial charge >= 0.3 is 0 Å². The van der Waals surface area contributed by atoms with Crippen LogP contribution in [-0.2, 0) is 4.74 Å². The molecule has 1 heterocycles. The molecule has 4 aliphatic rings. The fourth-order valence-corrected chi connectivity index (χ4v) is 8.67. The zero-order chi connectivity index (χ0) is 19.6. The lowest BCUT2D eigenvalue weighted by atomic mass is 9.43. The van der Waals surface area contributed by atoms with Crippen LogP contribution in [0.3, 0.4) is 0 Å². The Morgan fingerprint density at radius 3 is 2.71 bits per heavy atom. The molecule has 4 saturated carbocycles. The second kappa shape index (κ2) is 6.57. The molecule has 4 aliphatic carbocycles. The van der Waals surface area contributed by atoms with Crippen LogP contribution in [-0.4, -0.2) is 29.6 Å². The van der Waals surface area contributed by atoms with Crippen molar-refractivity contribution in [2.45, 2.75) is 83.2 Å². The third-order valence-electron chi connectivity index (χ3n) is 9.88. The highest BCUT2D eigenvalue weighted by Gasteiger charge is 2.62. The lowest BCUT2D eigenvalue weighted by Gasteiger charge is -2.62. The first-order valence-electron chi connectivity index (χ1n) is 11.5. The number of methoxy groups -OCH3 is 1. The monoisotopic (exact) mass is 387 g/mol.